The van der Waals surface area contributed by atoms with Gasteiger partial charge in [-0.05, 0) is 56.7 Å². The molecule has 0 atom stereocenters. The molecule has 3 aromatic rings. The molecule has 0 bridgehead atoms. The summed E-state index contributed by atoms with van der Waals surface area (Å²) < 4.78 is 0. The maximum absolute atomic E-state index is 12.9. The molecule has 1 aliphatic heterocycles. The van der Waals surface area contributed by atoms with Crippen LogP contribution in [0.15, 0.2) is 24.5 Å². The molecule has 0 spiro atoms. The van der Waals surface area contributed by atoms with Gasteiger partial charge in [0.15, 0.2) is 0 Å². The predicted octanol–water partition coefficient (Wildman–Crippen LogP) is 5.03. The van der Waals surface area contributed by atoms with Gasteiger partial charge in [0.1, 0.15) is 17.0 Å². The molecule has 4 rings (SSSR count). The molecule has 1 N–H and O–H groups in total. The molecule has 1 aromatic carbocycles. The SMILES string of the molecule is CCc1cccc(C)c1NC(=O)C1CCN(c2ncnc3sc(C)c(C)c23)CC1. The maximum Gasteiger partial charge on any atom is 0.227 e. The summed E-state index contributed by atoms with van der Waals surface area (Å²) in [5, 5.41) is 4.39. The highest BCUT2D eigenvalue weighted by atomic mass is 32.1. The molecule has 6 heteroatoms. The highest BCUT2D eigenvalue weighted by molar-refractivity contribution is 7.18. The van der Waals surface area contributed by atoms with E-state index in [-0.39, 0.29) is 11.8 Å². The zero-order valence-electron chi connectivity index (χ0n) is 17.6. The number of fused-ring (bicyclic) bond motifs is 1. The number of aryl methyl sites for hydroxylation is 4. The molecule has 5 nitrogen and oxygen atoms in total. The molecule has 0 unspecified atom stereocenters. The number of carbonyl (C=O) groups excluding carboxylic acids is 1. The molecule has 0 saturated carbocycles. The number of thiophene rings is 1. The fraction of sp³-hybridized carbons (Fsp3) is 0.435. The van der Waals surface area contributed by atoms with E-state index in [1.165, 1.54) is 21.4 Å². The molecule has 1 fully saturated rings. The number of rotatable bonds is 4. The highest BCUT2D eigenvalue weighted by Crippen LogP contribution is 2.35. The van der Waals surface area contributed by atoms with Crippen LogP contribution in [0.5, 0.6) is 0 Å². The Balaban J connectivity index is 1.47. The lowest BCUT2D eigenvalue weighted by molar-refractivity contribution is -0.120. The molecule has 0 aliphatic carbocycles. The van der Waals surface area contributed by atoms with E-state index in [0.29, 0.717) is 0 Å². The zero-order chi connectivity index (χ0) is 20.5. The molecule has 29 heavy (non-hydrogen) atoms. The van der Waals surface area contributed by atoms with Gasteiger partial charge in [-0.3, -0.25) is 4.79 Å². The van der Waals surface area contributed by atoms with Gasteiger partial charge in [-0.2, -0.15) is 0 Å². The van der Waals surface area contributed by atoms with Gasteiger partial charge in [0.05, 0.1) is 5.39 Å². The summed E-state index contributed by atoms with van der Waals surface area (Å²) in [6.45, 7) is 10.1. The summed E-state index contributed by atoms with van der Waals surface area (Å²) in [5.74, 6) is 1.20. The average molecular weight is 409 g/mol. The van der Waals surface area contributed by atoms with Crippen LogP contribution < -0.4 is 10.2 Å². The van der Waals surface area contributed by atoms with E-state index in [9.17, 15) is 4.79 Å². The summed E-state index contributed by atoms with van der Waals surface area (Å²) in [7, 11) is 0. The van der Waals surface area contributed by atoms with Crippen molar-refractivity contribution in [3.63, 3.8) is 0 Å². The zero-order valence-corrected chi connectivity index (χ0v) is 18.4. The quantitative estimate of drug-likeness (QED) is 0.657. The van der Waals surface area contributed by atoms with Gasteiger partial charge in [-0.15, -0.1) is 11.3 Å². The topological polar surface area (TPSA) is 58.1 Å². The van der Waals surface area contributed by atoms with Crippen molar-refractivity contribution in [3.05, 3.63) is 46.1 Å². The summed E-state index contributed by atoms with van der Waals surface area (Å²) in [6.07, 6.45) is 4.26. The van der Waals surface area contributed by atoms with Crippen LogP contribution in [0.3, 0.4) is 0 Å². The first-order chi connectivity index (χ1) is 14.0. The molecule has 1 saturated heterocycles. The van der Waals surface area contributed by atoms with Gasteiger partial charge in [-0.25, -0.2) is 9.97 Å². The summed E-state index contributed by atoms with van der Waals surface area (Å²) in [4.78, 5) is 26.7. The molecule has 152 valence electrons. The van der Waals surface area contributed by atoms with Crippen LogP contribution in [0.4, 0.5) is 11.5 Å². The molecule has 0 radical (unpaired) electrons. The van der Waals surface area contributed by atoms with Crippen molar-refractivity contribution in [2.45, 2.75) is 47.0 Å². The number of carbonyl (C=O) groups is 1. The monoisotopic (exact) mass is 408 g/mol. The number of para-hydroxylation sites is 1. The number of nitrogens with one attached hydrogen (secondary N) is 1. The van der Waals surface area contributed by atoms with Gasteiger partial charge in [0.2, 0.25) is 5.91 Å². The van der Waals surface area contributed by atoms with Gasteiger partial charge in [0, 0.05) is 29.6 Å². The van der Waals surface area contributed by atoms with Crippen molar-refractivity contribution in [1.82, 2.24) is 9.97 Å². The summed E-state index contributed by atoms with van der Waals surface area (Å²) >= 11 is 1.73. The summed E-state index contributed by atoms with van der Waals surface area (Å²) in [5.41, 5.74) is 4.58. The fourth-order valence-corrected chi connectivity index (χ4v) is 5.18. The van der Waals surface area contributed by atoms with E-state index in [1.54, 1.807) is 17.7 Å². The van der Waals surface area contributed by atoms with E-state index in [4.69, 9.17) is 0 Å². The van der Waals surface area contributed by atoms with Crippen molar-refractivity contribution < 1.29 is 4.79 Å². The Morgan fingerprint density at radius 1 is 1.21 bits per heavy atom. The number of hydrogen-bond donors (Lipinski definition) is 1. The normalized spacial score (nSPS) is 15.1. The lowest BCUT2D eigenvalue weighted by Gasteiger charge is -2.32. The van der Waals surface area contributed by atoms with E-state index in [0.717, 1.165) is 54.3 Å². The second kappa shape index (κ2) is 8.11. The lowest BCUT2D eigenvalue weighted by atomic mass is 9.95. The Morgan fingerprint density at radius 3 is 2.69 bits per heavy atom. The highest BCUT2D eigenvalue weighted by Gasteiger charge is 2.28. The number of amides is 1. The molecule has 3 heterocycles. The lowest BCUT2D eigenvalue weighted by Crippen LogP contribution is -2.38. The Hall–Kier alpha value is -2.47. The minimum atomic E-state index is 0.0400. The second-order valence-electron chi connectivity index (χ2n) is 7.87. The van der Waals surface area contributed by atoms with Crippen molar-refractivity contribution >= 4 is 39.0 Å². The van der Waals surface area contributed by atoms with Crippen LogP contribution in [0.1, 0.15) is 41.3 Å². The average Bonchev–Trinajstić information content (AvgIpc) is 3.03. The third-order valence-corrected chi connectivity index (χ3v) is 7.21. The van der Waals surface area contributed by atoms with E-state index in [1.807, 2.05) is 0 Å². The second-order valence-corrected chi connectivity index (χ2v) is 9.08. The largest absolute Gasteiger partial charge is 0.356 e. The number of anilines is 2. The van der Waals surface area contributed by atoms with Crippen LogP contribution in [-0.2, 0) is 11.2 Å². The van der Waals surface area contributed by atoms with Crippen LogP contribution in [0.25, 0.3) is 10.2 Å². The van der Waals surface area contributed by atoms with Crippen molar-refractivity contribution in [3.8, 4) is 0 Å². The van der Waals surface area contributed by atoms with Crippen LogP contribution in [0.2, 0.25) is 0 Å². The van der Waals surface area contributed by atoms with Gasteiger partial charge < -0.3 is 10.2 Å². The van der Waals surface area contributed by atoms with Gasteiger partial charge in [0.25, 0.3) is 0 Å². The van der Waals surface area contributed by atoms with E-state index in [2.05, 4.69) is 66.1 Å². The smallest absolute Gasteiger partial charge is 0.227 e. The van der Waals surface area contributed by atoms with Crippen LogP contribution in [0, 0.1) is 26.7 Å². The first kappa shape index (κ1) is 19.8. The van der Waals surface area contributed by atoms with Crippen molar-refractivity contribution in [2.75, 3.05) is 23.3 Å². The summed E-state index contributed by atoms with van der Waals surface area (Å²) in [6, 6.07) is 6.21. The van der Waals surface area contributed by atoms with E-state index >= 15 is 0 Å². The fourth-order valence-electron chi connectivity index (χ4n) is 4.18. The van der Waals surface area contributed by atoms with Crippen LogP contribution in [-0.4, -0.2) is 29.0 Å². The third kappa shape index (κ3) is 3.73. The molecule has 1 amide bonds. The number of benzene rings is 1. The minimum absolute atomic E-state index is 0.0400. The molecule has 1 aliphatic rings. The Morgan fingerprint density at radius 2 is 1.97 bits per heavy atom. The Bertz CT molecular complexity index is 1050. The Labute approximate surface area is 176 Å². The van der Waals surface area contributed by atoms with Crippen LogP contribution >= 0.6 is 11.3 Å². The minimum Gasteiger partial charge on any atom is -0.356 e. The maximum atomic E-state index is 12.9. The number of piperidine rings is 1. The number of aromatic nitrogens is 2. The first-order valence-corrected chi connectivity index (χ1v) is 11.2. The van der Waals surface area contributed by atoms with E-state index < -0.39 is 0 Å². The predicted molar refractivity (Wildman–Crippen MR) is 121 cm³/mol. The van der Waals surface area contributed by atoms with Crippen molar-refractivity contribution in [2.24, 2.45) is 5.92 Å². The third-order valence-electron chi connectivity index (χ3n) is 6.10. The molecule has 2 aromatic heterocycles. The number of nitrogens with zero attached hydrogens (tertiary/aromatic N) is 3. The number of hydrogen-bond acceptors (Lipinski definition) is 5. The Kier molecular flexibility index (Phi) is 5.54. The van der Waals surface area contributed by atoms with Gasteiger partial charge >= 0.3 is 0 Å². The standard InChI is InChI=1S/C23H28N4OS/c1-5-17-8-6-7-14(2)20(17)26-22(28)18-9-11-27(12-10-18)21-19-15(3)16(4)29-23(19)25-13-24-21/h6-8,13,18H,5,9-12H2,1-4H3,(H,26,28). The first-order valence-electron chi connectivity index (χ1n) is 10.3. The van der Waals surface area contributed by atoms with Crippen molar-refractivity contribution in [1.29, 1.82) is 0 Å². The van der Waals surface area contributed by atoms with Gasteiger partial charge in [-0.1, -0.05) is 25.1 Å². The molecular formula is C23H28N4OS. The molecular weight excluding hydrogens is 380 g/mol.